The first-order valence-electron chi connectivity index (χ1n) is 6.75. The van der Waals surface area contributed by atoms with Crippen molar-refractivity contribution >= 4 is 0 Å². The van der Waals surface area contributed by atoms with Crippen molar-refractivity contribution in [3.63, 3.8) is 0 Å². The largest absolute Gasteiger partial charge is 0.395 e. The Morgan fingerprint density at radius 2 is 2.19 bits per heavy atom. The molecule has 2 aliphatic carbocycles. The van der Waals surface area contributed by atoms with E-state index in [-0.39, 0.29) is 12.6 Å². The summed E-state index contributed by atoms with van der Waals surface area (Å²) in [4.78, 5) is 0. The summed E-state index contributed by atoms with van der Waals surface area (Å²) in [6.45, 7) is 5.29. The fourth-order valence-corrected chi connectivity index (χ4v) is 3.26. The van der Waals surface area contributed by atoms with E-state index in [1.54, 1.807) is 0 Å². The topological polar surface area (TPSA) is 41.5 Å². The van der Waals surface area contributed by atoms with Gasteiger partial charge in [-0.05, 0) is 32.6 Å². The Morgan fingerprint density at radius 1 is 1.44 bits per heavy atom. The second kappa shape index (κ2) is 5.03. The molecule has 0 aromatic carbocycles. The molecule has 2 rings (SSSR count). The first kappa shape index (κ1) is 12.3. The maximum Gasteiger partial charge on any atom is 0.0661 e. The molecular formula is C13H25NO2. The van der Waals surface area contributed by atoms with Crippen LogP contribution in [0.2, 0.25) is 0 Å². The van der Waals surface area contributed by atoms with E-state index in [4.69, 9.17) is 4.74 Å². The van der Waals surface area contributed by atoms with Crippen LogP contribution in [0.3, 0.4) is 0 Å². The zero-order chi connectivity index (χ0) is 11.6. The van der Waals surface area contributed by atoms with Crippen molar-refractivity contribution in [1.29, 1.82) is 0 Å². The van der Waals surface area contributed by atoms with Crippen LogP contribution in [0.4, 0.5) is 0 Å². The third-order valence-electron chi connectivity index (χ3n) is 4.59. The molecule has 0 saturated heterocycles. The number of rotatable bonds is 6. The molecule has 1 spiro atoms. The van der Waals surface area contributed by atoms with Crippen LogP contribution in [0, 0.1) is 5.41 Å². The zero-order valence-electron chi connectivity index (χ0n) is 10.5. The molecule has 2 unspecified atom stereocenters. The summed E-state index contributed by atoms with van der Waals surface area (Å²) < 4.78 is 5.81. The minimum absolute atomic E-state index is 0.252. The molecule has 2 saturated carbocycles. The summed E-state index contributed by atoms with van der Waals surface area (Å²) in [6.07, 6.45) is 6.55. The molecule has 0 heterocycles. The van der Waals surface area contributed by atoms with E-state index in [0.29, 0.717) is 17.6 Å². The average Bonchev–Trinajstić information content (AvgIpc) is 2.20. The highest BCUT2D eigenvalue weighted by molar-refractivity contribution is 5.12. The number of aliphatic hydroxyl groups is 1. The van der Waals surface area contributed by atoms with Gasteiger partial charge >= 0.3 is 0 Å². The number of hydrogen-bond donors (Lipinski definition) is 2. The van der Waals surface area contributed by atoms with E-state index >= 15 is 0 Å². The van der Waals surface area contributed by atoms with Gasteiger partial charge in [-0.15, -0.1) is 0 Å². The predicted octanol–water partition coefficient (Wildman–Crippen LogP) is 1.69. The smallest absolute Gasteiger partial charge is 0.0661 e. The van der Waals surface area contributed by atoms with Crippen molar-refractivity contribution in [3.8, 4) is 0 Å². The summed E-state index contributed by atoms with van der Waals surface area (Å²) in [5.74, 6) is 0. The van der Waals surface area contributed by atoms with Gasteiger partial charge in [0.2, 0.25) is 0 Å². The van der Waals surface area contributed by atoms with E-state index in [1.165, 1.54) is 19.3 Å². The molecular weight excluding hydrogens is 202 g/mol. The van der Waals surface area contributed by atoms with Gasteiger partial charge < -0.3 is 15.2 Å². The average molecular weight is 227 g/mol. The molecule has 0 aliphatic heterocycles. The van der Waals surface area contributed by atoms with Gasteiger partial charge in [0.15, 0.2) is 0 Å². The van der Waals surface area contributed by atoms with Crippen molar-refractivity contribution in [1.82, 2.24) is 5.32 Å². The Kier molecular flexibility index (Phi) is 3.88. The standard InChI is InChI=1S/C13H25NO2/c1-3-10(9-15)14-11-8-12(16-4-2)13(11)6-5-7-13/h10-12,14-15H,3-9H2,1-2H3/t10-,11?,12?/m0/s1. The Labute approximate surface area is 98.6 Å². The molecule has 2 aliphatic rings. The first-order chi connectivity index (χ1) is 7.76. The lowest BCUT2D eigenvalue weighted by molar-refractivity contribution is -0.175. The van der Waals surface area contributed by atoms with Gasteiger partial charge in [0.05, 0.1) is 12.7 Å². The molecule has 16 heavy (non-hydrogen) atoms. The normalized spacial score (nSPS) is 33.2. The second-order valence-electron chi connectivity index (χ2n) is 5.27. The fourth-order valence-electron chi connectivity index (χ4n) is 3.26. The van der Waals surface area contributed by atoms with Gasteiger partial charge in [-0.25, -0.2) is 0 Å². The van der Waals surface area contributed by atoms with Gasteiger partial charge in [-0.1, -0.05) is 13.3 Å². The summed E-state index contributed by atoms with van der Waals surface area (Å²) in [5, 5.41) is 12.8. The van der Waals surface area contributed by atoms with Crippen LogP contribution in [0.25, 0.3) is 0 Å². The van der Waals surface area contributed by atoms with Crippen LogP contribution in [-0.4, -0.2) is 36.5 Å². The maximum atomic E-state index is 9.23. The van der Waals surface area contributed by atoms with E-state index < -0.39 is 0 Å². The van der Waals surface area contributed by atoms with Crippen molar-refractivity contribution < 1.29 is 9.84 Å². The fraction of sp³-hybridized carbons (Fsp3) is 1.00. The molecule has 3 nitrogen and oxygen atoms in total. The monoisotopic (exact) mass is 227 g/mol. The van der Waals surface area contributed by atoms with Crippen LogP contribution < -0.4 is 5.32 Å². The van der Waals surface area contributed by atoms with Gasteiger partial charge in [0.1, 0.15) is 0 Å². The summed E-state index contributed by atoms with van der Waals surface area (Å²) >= 11 is 0. The minimum atomic E-state index is 0.252. The number of aliphatic hydroxyl groups excluding tert-OH is 1. The van der Waals surface area contributed by atoms with Crippen molar-refractivity contribution in [2.24, 2.45) is 5.41 Å². The molecule has 94 valence electrons. The van der Waals surface area contributed by atoms with E-state index in [9.17, 15) is 5.11 Å². The molecule has 0 aromatic rings. The quantitative estimate of drug-likeness (QED) is 0.725. The zero-order valence-corrected chi connectivity index (χ0v) is 10.5. The second-order valence-corrected chi connectivity index (χ2v) is 5.27. The number of hydrogen-bond acceptors (Lipinski definition) is 3. The SMILES string of the molecule is CCOC1CC(N[C@@H](CC)CO)C12CCC2. The number of ether oxygens (including phenoxy) is 1. The Bertz CT molecular complexity index is 224. The van der Waals surface area contributed by atoms with Crippen LogP contribution in [-0.2, 0) is 4.74 Å². The van der Waals surface area contributed by atoms with Crippen LogP contribution in [0.1, 0.15) is 46.0 Å². The highest BCUT2D eigenvalue weighted by Gasteiger charge is 2.58. The molecule has 0 amide bonds. The van der Waals surface area contributed by atoms with Gasteiger partial charge in [0.25, 0.3) is 0 Å². The molecule has 2 N–H and O–H groups in total. The maximum absolute atomic E-state index is 9.23. The van der Waals surface area contributed by atoms with Crippen molar-refractivity contribution in [3.05, 3.63) is 0 Å². The lowest BCUT2D eigenvalue weighted by Gasteiger charge is -2.61. The minimum Gasteiger partial charge on any atom is -0.395 e. The highest BCUT2D eigenvalue weighted by atomic mass is 16.5. The van der Waals surface area contributed by atoms with E-state index in [1.807, 2.05) is 0 Å². The van der Waals surface area contributed by atoms with Crippen LogP contribution in [0.5, 0.6) is 0 Å². The highest BCUT2D eigenvalue weighted by Crippen LogP contribution is 2.57. The molecule has 3 heteroatoms. The molecule has 3 atom stereocenters. The van der Waals surface area contributed by atoms with Crippen LogP contribution in [0.15, 0.2) is 0 Å². The number of nitrogens with one attached hydrogen (secondary N) is 1. The Hall–Kier alpha value is -0.120. The molecule has 0 bridgehead atoms. The summed E-state index contributed by atoms with van der Waals surface area (Å²) in [5.41, 5.74) is 0.415. The van der Waals surface area contributed by atoms with E-state index in [0.717, 1.165) is 19.4 Å². The van der Waals surface area contributed by atoms with Crippen LogP contribution >= 0.6 is 0 Å². The van der Waals surface area contributed by atoms with Gasteiger partial charge in [0, 0.05) is 24.1 Å². The lowest BCUT2D eigenvalue weighted by atomic mass is 9.51. The van der Waals surface area contributed by atoms with Gasteiger partial charge in [-0.3, -0.25) is 0 Å². The third kappa shape index (κ3) is 1.89. The van der Waals surface area contributed by atoms with E-state index in [2.05, 4.69) is 19.2 Å². The Morgan fingerprint density at radius 3 is 2.62 bits per heavy atom. The predicted molar refractivity (Wildman–Crippen MR) is 64.4 cm³/mol. The van der Waals surface area contributed by atoms with Crippen molar-refractivity contribution in [2.75, 3.05) is 13.2 Å². The molecule has 0 radical (unpaired) electrons. The molecule has 0 aromatic heterocycles. The summed E-state index contributed by atoms with van der Waals surface area (Å²) in [6, 6.07) is 0.847. The molecule has 2 fully saturated rings. The third-order valence-corrected chi connectivity index (χ3v) is 4.59. The lowest BCUT2D eigenvalue weighted by Crippen LogP contribution is -2.68. The first-order valence-corrected chi connectivity index (χ1v) is 6.75. The summed E-state index contributed by atoms with van der Waals surface area (Å²) in [7, 11) is 0. The van der Waals surface area contributed by atoms with Gasteiger partial charge in [-0.2, -0.15) is 0 Å². The van der Waals surface area contributed by atoms with Crippen molar-refractivity contribution in [2.45, 2.75) is 64.1 Å². The Balaban J connectivity index is 1.88.